The van der Waals surface area contributed by atoms with Crippen LogP contribution < -0.4 is 5.32 Å². The molecule has 0 radical (unpaired) electrons. The van der Waals surface area contributed by atoms with Crippen LogP contribution in [0.15, 0.2) is 24.3 Å². The van der Waals surface area contributed by atoms with Gasteiger partial charge in [0, 0.05) is 22.7 Å². The van der Waals surface area contributed by atoms with Gasteiger partial charge in [-0.2, -0.15) is 0 Å². The Labute approximate surface area is 136 Å². The summed E-state index contributed by atoms with van der Waals surface area (Å²) in [5, 5.41) is 13.7. The quantitative estimate of drug-likeness (QED) is 0.745. The summed E-state index contributed by atoms with van der Waals surface area (Å²) >= 11 is 11.9. The maximum atomic E-state index is 11.7. The number of hydrogen-bond acceptors (Lipinski definition) is 2. The molecule has 0 saturated carbocycles. The second-order valence-electron chi connectivity index (χ2n) is 4.89. The summed E-state index contributed by atoms with van der Waals surface area (Å²) in [6.07, 6.45) is 4.25. The Hall–Kier alpha value is -1.03. The molecule has 1 unspecified atom stereocenters. The minimum atomic E-state index is -0.521. The highest BCUT2D eigenvalue weighted by molar-refractivity contribution is 6.34. The van der Waals surface area contributed by atoms with Crippen LogP contribution in [-0.2, 0) is 4.79 Å². The van der Waals surface area contributed by atoms with Crippen molar-refractivity contribution in [2.75, 3.05) is 6.54 Å². The van der Waals surface area contributed by atoms with Crippen LogP contribution in [0.25, 0.3) is 6.08 Å². The summed E-state index contributed by atoms with van der Waals surface area (Å²) in [6.45, 7) is 4.30. The fourth-order valence-electron chi connectivity index (χ4n) is 2.07. The highest BCUT2D eigenvalue weighted by Gasteiger charge is 2.15. The first-order chi connectivity index (χ1) is 9.97. The van der Waals surface area contributed by atoms with E-state index < -0.39 is 6.10 Å². The minimum absolute atomic E-state index is 0.205. The molecular formula is C16H21Cl2NO2. The summed E-state index contributed by atoms with van der Waals surface area (Å²) < 4.78 is 0. The smallest absolute Gasteiger partial charge is 0.244 e. The SMILES string of the molecule is CCC(CC)C(O)CNC(=O)/C=C/c1cc(Cl)ccc1Cl. The summed E-state index contributed by atoms with van der Waals surface area (Å²) in [5.74, 6) is -0.0623. The normalized spacial score (nSPS) is 12.9. The molecule has 0 bridgehead atoms. The van der Waals surface area contributed by atoms with Crippen LogP contribution in [-0.4, -0.2) is 23.7 Å². The average molecular weight is 330 g/mol. The van der Waals surface area contributed by atoms with E-state index in [-0.39, 0.29) is 18.4 Å². The van der Waals surface area contributed by atoms with Gasteiger partial charge in [0.15, 0.2) is 0 Å². The molecule has 0 spiro atoms. The number of hydrogen-bond donors (Lipinski definition) is 2. The predicted octanol–water partition coefficient (Wildman–Crippen LogP) is 3.92. The number of benzene rings is 1. The molecule has 1 atom stereocenters. The van der Waals surface area contributed by atoms with E-state index in [2.05, 4.69) is 5.32 Å². The summed E-state index contributed by atoms with van der Waals surface area (Å²) in [4.78, 5) is 11.7. The van der Waals surface area contributed by atoms with Gasteiger partial charge in [0.05, 0.1) is 6.10 Å². The highest BCUT2D eigenvalue weighted by atomic mass is 35.5. The molecule has 0 aliphatic heterocycles. The Morgan fingerprint density at radius 3 is 2.62 bits per heavy atom. The van der Waals surface area contributed by atoms with E-state index in [1.165, 1.54) is 6.08 Å². The molecule has 2 N–H and O–H groups in total. The van der Waals surface area contributed by atoms with Crippen LogP contribution in [0.3, 0.4) is 0 Å². The predicted molar refractivity (Wildman–Crippen MR) is 88.6 cm³/mol. The summed E-state index contributed by atoms with van der Waals surface area (Å²) in [5.41, 5.74) is 0.680. The lowest BCUT2D eigenvalue weighted by atomic mass is 9.96. The maximum Gasteiger partial charge on any atom is 0.244 e. The summed E-state index contributed by atoms with van der Waals surface area (Å²) in [7, 11) is 0. The lowest BCUT2D eigenvalue weighted by Gasteiger charge is -2.19. The second-order valence-corrected chi connectivity index (χ2v) is 5.73. The van der Waals surface area contributed by atoms with Gasteiger partial charge in [-0.05, 0) is 35.8 Å². The zero-order chi connectivity index (χ0) is 15.8. The molecule has 5 heteroatoms. The number of rotatable bonds is 7. The molecule has 1 amide bonds. The van der Waals surface area contributed by atoms with Crippen molar-refractivity contribution in [2.24, 2.45) is 5.92 Å². The third kappa shape index (κ3) is 6.08. The Bertz CT molecular complexity index is 499. The van der Waals surface area contributed by atoms with Crippen LogP contribution >= 0.6 is 23.2 Å². The fraction of sp³-hybridized carbons (Fsp3) is 0.438. The zero-order valence-electron chi connectivity index (χ0n) is 12.3. The molecule has 0 aromatic heterocycles. The number of carbonyl (C=O) groups is 1. The van der Waals surface area contributed by atoms with Crippen LogP contribution in [0.5, 0.6) is 0 Å². The molecule has 0 saturated heterocycles. The molecule has 21 heavy (non-hydrogen) atoms. The van der Waals surface area contributed by atoms with Gasteiger partial charge in [0.2, 0.25) is 5.91 Å². The Kier molecular flexibility index (Phi) is 7.79. The van der Waals surface area contributed by atoms with Gasteiger partial charge in [-0.15, -0.1) is 0 Å². The maximum absolute atomic E-state index is 11.7. The zero-order valence-corrected chi connectivity index (χ0v) is 13.8. The van der Waals surface area contributed by atoms with Crippen molar-refractivity contribution >= 4 is 35.2 Å². The molecule has 0 aliphatic rings. The second kappa shape index (κ2) is 9.08. The van der Waals surface area contributed by atoms with Crippen molar-refractivity contribution in [1.29, 1.82) is 0 Å². The van der Waals surface area contributed by atoms with E-state index in [0.29, 0.717) is 15.6 Å². The third-order valence-corrected chi connectivity index (χ3v) is 4.03. The van der Waals surface area contributed by atoms with E-state index in [1.807, 2.05) is 13.8 Å². The number of amides is 1. The lowest BCUT2D eigenvalue weighted by Crippen LogP contribution is -2.35. The fourth-order valence-corrected chi connectivity index (χ4v) is 2.43. The minimum Gasteiger partial charge on any atom is -0.391 e. The van der Waals surface area contributed by atoms with E-state index in [0.717, 1.165) is 12.8 Å². The van der Waals surface area contributed by atoms with Crippen molar-refractivity contribution in [2.45, 2.75) is 32.8 Å². The first-order valence-corrected chi connectivity index (χ1v) is 7.82. The first kappa shape index (κ1) is 18.0. The molecule has 0 fully saturated rings. The third-order valence-electron chi connectivity index (χ3n) is 3.45. The molecular weight excluding hydrogens is 309 g/mol. The number of aliphatic hydroxyl groups is 1. The lowest BCUT2D eigenvalue weighted by molar-refractivity contribution is -0.117. The number of halogens is 2. The van der Waals surface area contributed by atoms with Crippen molar-refractivity contribution in [3.05, 3.63) is 39.9 Å². The van der Waals surface area contributed by atoms with Gasteiger partial charge in [-0.25, -0.2) is 0 Å². The van der Waals surface area contributed by atoms with E-state index >= 15 is 0 Å². The molecule has 3 nitrogen and oxygen atoms in total. The van der Waals surface area contributed by atoms with E-state index in [9.17, 15) is 9.90 Å². The number of nitrogens with one attached hydrogen (secondary N) is 1. The Balaban J connectivity index is 2.53. The van der Waals surface area contributed by atoms with Crippen molar-refractivity contribution < 1.29 is 9.90 Å². The Morgan fingerprint density at radius 2 is 2.00 bits per heavy atom. The van der Waals surface area contributed by atoms with Gasteiger partial charge < -0.3 is 10.4 Å². The van der Waals surface area contributed by atoms with Gasteiger partial charge in [0.25, 0.3) is 0 Å². The molecule has 0 heterocycles. The van der Waals surface area contributed by atoms with Crippen molar-refractivity contribution in [3.8, 4) is 0 Å². The van der Waals surface area contributed by atoms with E-state index in [4.69, 9.17) is 23.2 Å². The summed E-state index contributed by atoms with van der Waals surface area (Å²) in [6, 6.07) is 5.05. The molecule has 0 aliphatic carbocycles. The molecule has 1 aromatic rings. The van der Waals surface area contributed by atoms with Gasteiger partial charge in [-0.3, -0.25) is 4.79 Å². The van der Waals surface area contributed by atoms with Crippen LogP contribution in [0.1, 0.15) is 32.3 Å². The largest absolute Gasteiger partial charge is 0.391 e. The standard InChI is InChI=1S/C16H21Cl2NO2/c1-3-11(4-2)15(20)10-19-16(21)8-5-12-9-13(17)6-7-14(12)18/h5-9,11,15,20H,3-4,10H2,1-2H3,(H,19,21)/b8-5+. The monoisotopic (exact) mass is 329 g/mol. The van der Waals surface area contributed by atoms with Crippen LogP contribution in [0.2, 0.25) is 10.0 Å². The van der Waals surface area contributed by atoms with Gasteiger partial charge >= 0.3 is 0 Å². The van der Waals surface area contributed by atoms with E-state index in [1.54, 1.807) is 24.3 Å². The number of carbonyl (C=O) groups excluding carboxylic acids is 1. The molecule has 116 valence electrons. The molecule has 1 aromatic carbocycles. The molecule has 1 rings (SSSR count). The van der Waals surface area contributed by atoms with Gasteiger partial charge in [0.1, 0.15) is 0 Å². The van der Waals surface area contributed by atoms with Crippen LogP contribution in [0.4, 0.5) is 0 Å². The van der Waals surface area contributed by atoms with Crippen molar-refractivity contribution in [3.63, 3.8) is 0 Å². The Morgan fingerprint density at radius 1 is 1.33 bits per heavy atom. The number of aliphatic hydroxyl groups excluding tert-OH is 1. The topological polar surface area (TPSA) is 49.3 Å². The first-order valence-electron chi connectivity index (χ1n) is 7.06. The highest BCUT2D eigenvalue weighted by Crippen LogP contribution is 2.21. The average Bonchev–Trinajstić information content (AvgIpc) is 2.47. The van der Waals surface area contributed by atoms with Crippen LogP contribution in [0, 0.1) is 5.92 Å². The van der Waals surface area contributed by atoms with Crippen molar-refractivity contribution in [1.82, 2.24) is 5.32 Å². The van der Waals surface area contributed by atoms with Gasteiger partial charge in [-0.1, -0.05) is 49.9 Å².